The fraction of sp³-hybridized carbons (Fsp3) is 0.176. The molecular formula is C17H15Cl2N3O. The Labute approximate surface area is 144 Å². The van der Waals surface area contributed by atoms with Gasteiger partial charge >= 0.3 is 0 Å². The monoisotopic (exact) mass is 347 g/mol. The first kappa shape index (κ1) is 16.0. The molecule has 1 aromatic heterocycles. The molecule has 0 unspecified atom stereocenters. The molecule has 0 radical (unpaired) electrons. The van der Waals surface area contributed by atoms with Gasteiger partial charge in [0.15, 0.2) is 0 Å². The van der Waals surface area contributed by atoms with E-state index in [9.17, 15) is 0 Å². The first-order valence-electron chi connectivity index (χ1n) is 7.13. The highest BCUT2D eigenvalue weighted by Gasteiger charge is 2.12. The summed E-state index contributed by atoms with van der Waals surface area (Å²) < 4.78 is 5.32. The van der Waals surface area contributed by atoms with Gasteiger partial charge < -0.3 is 4.52 Å². The lowest BCUT2D eigenvalue weighted by atomic mass is 10.2. The molecule has 4 nitrogen and oxygen atoms in total. The molecule has 0 aliphatic carbocycles. The summed E-state index contributed by atoms with van der Waals surface area (Å²) in [5.41, 5.74) is 1.90. The van der Waals surface area contributed by atoms with Gasteiger partial charge in [-0.3, -0.25) is 4.90 Å². The van der Waals surface area contributed by atoms with Crippen LogP contribution < -0.4 is 0 Å². The summed E-state index contributed by atoms with van der Waals surface area (Å²) in [6.45, 7) is 1.17. The van der Waals surface area contributed by atoms with Crippen LogP contribution in [0.15, 0.2) is 53.1 Å². The largest absolute Gasteiger partial charge is 0.338 e. The van der Waals surface area contributed by atoms with Crippen LogP contribution in [0, 0.1) is 0 Å². The number of rotatable bonds is 5. The van der Waals surface area contributed by atoms with Gasteiger partial charge in [-0.15, -0.1) is 0 Å². The van der Waals surface area contributed by atoms with Crippen molar-refractivity contribution in [3.05, 3.63) is 70.0 Å². The maximum absolute atomic E-state index is 6.21. The second kappa shape index (κ2) is 7.13. The summed E-state index contributed by atoms with van der Waals surface area (Å²) in [6, 6.07) is 15.3. The van der Waals surface area contributed by atoms with Crippen molar-refractivity contribution in [3.8, 4) is 11.4 Å². The molecule has 0 saturated heterocycles. The molecule has 0 amide bonds. The Balaban J connectivity index is 1.68. The van der Waals surface area contributed by atoms with Crippen LogP contribution in [-0.4, -0.2) is 22.1 Å². The van der Waals surface area contributed by atoms with E-state index in [1.165, 1.54) is 0 Å². The fourth-order valence-corrected chi connectivity index (χ4v) is 2.65. The smallest absolute Gasteiger partial charge is 0.241 e. The summed E-state index contributed by atoms with van der Waals surface area (Å²) >= 11 is 12.3. The van der Waals surface area contributed by atoms with E-state index in [2.05, 4.69) is 10.1 Å². The van der Waals surface area contributed by atoms with Crippen LogP contribution in [0.3, 0.4) is 0 Å². The van der Waals surface area contributed by atoms with Crippen molar-refractivity contribution in [1.29, 1.82) is 0 Å². The fourth-order valence-electron chi connectivity index (χ4n) is 2.27. The summed E-state index contributed by atoms with van der Waals surface area (Å²) in [5.74, 6) is 1.15. The average Bonchev–Trinajstić information content (AvgIpc) is 3.01. The van der Waals surface area contributed by atoms with E-state index in [1.807, 2.05) is 54.4 Å². The third-order valence-corrected chi connectivity index (χ3v) is 4.24. The minimum Gasteiger partial charge on any atom is -0.338 e. The molecule has 3 aromatic rings. The number of aromatic nitrogens is 2. The van der Waals surface area contributed by atoms with Gasteiger partial charge in [0.1, 0.15) is 0 Å². The van der Waals surface area contributed by atoms with Gasteiger partial charge in [0.2, 0.25) is 11.7 Å². The Morgan fingerprint density at radius 2 is 1.78 bits per heavy atom. The third-order valence-electron chi connectivity index (χ3n) is 3.38. The lowest BCUT2D eigenvalue weighted by Gasteiger charge is -2.15. The molecule has 0 aliphatic rings. The quantitative estimate of drug-likeness (QED) is 0.672. The highest BCUT2D eigenvalue weighted by Crippen LogP contribution is 2.26. The maximum atomic E-state index is 6.21. The number of nitrogens with zero attached hydrogens (tertiary/aromatic N) is 3. The molecule has 0 atom stereocenters. The molecule has 23 heavy (non-hydrogen) atoms. The second-order valence-corrected chi connectivity index (χ2v) is 6.05. The minimum absolute atomic E-state index is 0.530. The summed E-state index contributed by atoms with van der Waals surface area (Å²) in [6.07, 6.45) is 0. The van der Waals surface area contributed by atoms with E-state index in [-0.39, 0.29) is 0 Å². The van der Waals surface area contributed by atoms with Crippen molar-refractivity contribution < 1.29 is 4.52 Å². The molecule has 2 aromatic carbocycles. The van der Waals surface area contributed by atoms with Crippen LogP contribution in [0.4, 0.5) is 0 Å². The van der Waals surface area contributed by atoms with Gasteiger partial charge in [0.25, 0.3) is 0 Å². The Morgan fingerprint density at radius 1 is 1.00 bits per heavy atom. The first-order chi connectivity index (χ1) is 11.1. The molecule has 0 spiro atoms. The predicted octanol–water partition coefficient (Wildman–Crippen LogP) is 4.68. The van der Waals surface area contributed by atoms with Crippen LogP contribution in [0.2, 0.25) is 10.0 Å². The minimum atomic E-state index is 0.530. The molecule has 0 N–H and O–H groups in total. The van der Waals surface area contributed by atoms with Crippen molar-refractivity contribution >= 4 is 23.2 Å². The van der Waals surface area contributed by atoms with Crippen molar-refractivity contribution in [2.45, 2.75) is 13.1 Å². The van der Waals surface area contributed by atoms with Gasteiger partial charge in [0, 0.05) is 12.1 Å². The van der Waals surface area contributed by atoms with Crippen molar-refractivity contribution in [2.24, 2.45) is 0 Å². The van der Waals surface area contributed by atoms with Gasteiger partial charge in [-0.2, -0.15) is 4.98 Å². The van der Waals surface area contributed by atoms with E-state index >= 15 is 0 Å². The molecule has 3 rings (SSSR count). The van der Waals surface area contributed by atoms with Crippen molar-refractivity contribution in [1.82, 2.24) is 15.0 Å². The molecule has 0 aliphatic heterocycles. The van der Waals surface area contributed by atoms with Crippen LogP contribution in [-0.2, 0) is 13.1 Å². The normalized spacial score (nSPS) is 11.1. The van der Waals surface area contributed by atoms with Crippen LogP contribution in [0.5, 0.6) is 0 Å². The van der Waals surface area contributed by atoms with E-state index in [4.69, 9.17) is 27.7 Å². The molecule has 0 fully saturated rings. The zero-order valence-corrected chi connectivity index (χ0v) is 14.1. The standard InChI is InChI=1S/C17H15Cl2N3O/c1-22(10-13-8-5-9-14(18)16(13)19)11-15-20-17(21-23-15)12-6-3-2-4-7-12/h2-9H,10-11H2,1H3. The number of hydrogen-bond donors (Lipinski definition) is 0. The Kier molecular flexibility index (Phi) is 4.96. The SMILES string of the molecule is CN(Cc1nc(-c2ccccc2)no1)Cc1cccc(Cl)c1Cl. The molecule has 1 heterocycles. The number of hydrogen-bond acceptors (Lipinski definition) is 4. The summed E-state index contributed by atoms with van der Waals surface area (Å²) in [5, 5.41) is 5.16. The zero-order valence-electron chi connectivity index (χ0n) is 12.5. The highest BCUT2D eigenvalue weighted by molar-refractivity contribution is 6.42. The van der Waals surface area contributed by atoms with Gasteiger partial charge in [-0.25, -0.2) is 0 Å². The lowest BCUT2D eigenvalue weighted by Crippen LogP contribution is -2.17. The number of halogens is 2. The van der Waals surface area contributed by atoms with E-state index < -0.39 is 0 Å². The van der Waals surface area contributed by atoms with Crippen LogP contribution in [0.1, 0.15) is 11.5 Å². The molecule has 118 valence electrons. The molecular weight excluding hydrogens is 333 g/mol. The van der Waals surface area contributed by atoms with Crippen LogP contribution >= 0.6 is 23.2 Å². The molecule has 0 saturated carbocycles. The molecule has 0 bridgehead atoms. The Hall–Kier alpha value is -1.88. The zero-order chi connectivity index (χ0) is 16.2. The second-order valence-electron chi connectivity index (χ2n) is 5.26. The third kappa shape index (κ3) is 3.91. The van der Waals surface area contributed by atoms with E-state index in [1.54, 1.807) is 6.07 Å². The Morgan fingerprint density at radius 3 is 2.57 bits per heavy atom. The van der Waals surface area contributed by atoms with Gasteiger partial charge in [0.05, 0.1) is 16.6 Å². The topological polar surface area (TPSA) is 42.2 Å². The van der Waals surface area contributed by atoms with Gasteiger partial charge in [-0.1, -0.05) is 70.8 Å². The van der Waals surface area contributed by atoms with Gasteiger partial charge in [-0.05, 0) is 18.7 Å². The molecule has 6 heteroatoms. The predicted molar refractivity (Wildman–Crippen MR) is 91.4 cm³/mol. The summed E-state index contributed by atoms with van der Waals surface area (Å²) in [7, 11) is 1.96. The van der Waals surface area contributed by atoms with Crippen molar-refractivity contribution in [3.63, 3.8) is 0 Å². The van der Waals surface area contributed by atoms with Crippen molar-refractivity contribution in [2.75, 3.05) is 7.05 Å². The summed E-state index contributed by atoms with van der Waals surface area (Å²) in [4.78, 5) is 6.47. The maximum Gasteiger partial charge on any atom is 0.241 e. The lowest BCUT2D eigenvalue weighted by molar-refractivity contribution is 0.261. The van der Waals surface area contributed by atoms with Crippen LogP contribution in [0.25, 0.3) is 11.4 Å². The van der Waals surface area contributed by atoms with E-state index in [0.29, 0.717) is 34.8 Å². The first-order valence-corrected chi connectivity index (χ1v) is 7.88. The highest BCUT2D eigenvalue weighted by atomic mass is 35.5. The number of benzene rings is 2. The Bertz CT molecular complexity index is 790. The van der Waals surface area contributed by atoms with E-state index in [0.717, 1.165) is 11.1 Å². The average molecular weight is 348 g/mol.